The van der Waals surface area contributed by atoms with Gasteiger partial charge in [0.15, 0.2) is 5.82 Å². The Morgan fingerprint density at radius 3 is 2.90 bits per heavy atom. The van der Waals surface area contributed by atoms with Crippen molar-refractivity contribution in [3.05, 3.63) is 66.1 Å². The summed E-state index contributed by atoms with van der Waals surface area (Å²) in [6, 6.07) is 10.1. The summed E-state index contributed by atoms with van der Waals surface area (Å²) < 4.78 is 42.1. The maximum absolute atomic E-state index is 14.5. The standard InChI is InChI=1S/C21H16F2N4OS/c22-16-6-5-15(20-14(16)7-8-28-20)19-17(23)11-25-21(27-19)26-13-4-3-12-2-1-9-29(24)18(12)10-13/h3-8,10-11,24H,1-2,9H2,(H,25,26,27). The summed E-state index contributed by atoms with van der Waals surface area (Å²) >= 11 is 0. The molecule has 0 fully saturated rings. The van der Waals surface area contributed by atoms with Crippen LogP contribution in [0.2, 0.25) is 0 Å². The molecule has 0 aliphatic carbocycles. The third kappa shape index (κ3) is 3.19. The fourth-order valence-corrected chi connectivity index (χ4v) is 4.95. The number of hydrogen-bond donors (Lipinski definition) is 2. The highest BCUT2D eigenvalue weighted by atomic mass is 32.2. The molecule has 5 rings (SSSR count). The topological polar surface area (TPSA) is 74.8 Å². The first-order valence-electron chi connectivity index (χ1n) is 9.11. The molecule has 5 nitrogen and oxygen atoms in total. The van der Waals surface area contributed by atoms with Crippen molar-refractivity contribution in [2.75, 3.05) is 11.1 Å². The highest BCUT2D eigenvalue weighted by Crippen LogP contribution is 2.32. The Kier molecular flexibility index (Phi) is 4.35. The van der Waals surface area contributed by atoms with Gasteiger partial charge in [-0.2, -0.15) is 0 Å². The van der Waals surface area contributed by atoms with Gasteiger partial charge in [0.1, 0.15) is 17.1 Å². The average Bonchev–Trinajstić information content (AvgIpc) is 3.22. The quantitative estimate of drug-likeness (QED) is 0.461. The number of halogens is 2. The van der Waals surface area contributed by atoms with E-state index < -0.39 is 22.3 Å². The van der Waals surface area contributed by atoms with E-state index in [0.717, 1.165) is 35.4 Å². The number of nitrogens with one attached hydrogen (secondary N) is 2. The van der Waals surface area contributed by atoms with Gasteiger partial charge in [-0.1, -0.05) is 16.8 Å². The summed E-state index contributed by atoms with van der Waals surface area (Å²) in [7, 11) is -0.523. The molecule has 0 amide bonds. The molecule has 8 heteroatoms. The van der Waals surface area contributed by atoms with Gasteiger partial charge in [0.2, 0.25) is 5.95 Å². The van der Waals surface area contributed by atoms with Gasteiger partial charge in [0.05, 0.1) is 17.8 Å². The van der Waals surface area contributed by atoms with E-state index in [1.54, 1.807) is 0 Å². The minimum absolute atomic E-state index is 0.0284. The number of rotatable bonds is 3. The molecule has 29 heavy (non-hydrogen) atoms. The van der Waals surface area contributed by atoms with E-state index in [9.17, 15) is 8.78 Å². The second kappa shape index (κ2) is 7.04. The Labute approximate surface area is 167 Å². The van der Waals surface area contributed by atoms with Crippen LogP contribution in [0.4, 0.5) is 20.4 Å². The van der Waals surface area contributed by atoms with Crippen LogP contribution in [-0.2, 0) is 17.1 Å². The predicted octanol–water partition coefficient (Wildman–Crippen LogP) is 5.60. The number of aryl methyl sites for hydroxylation is 1. The maximum atomic E-state index is 14.5. The van der Waals surface area contributed by atoms with Gasteiger partial charge in [-0.05, 0) is 48.7 Å². The molecular formula is C21H16F2N4OS. The van der Waals surface area contributed by atoms with E-state index >= 15 is 0 Å². The lowest BCUT2D eigenvalue weighted by atomic mass is 10.1. The molecule has 2 N–H and O–H groups in total. The number of aromatic nitrogens is 2. The normalized spacial score (nSPS) is 16.0. The molecule has 0 bridgehead atoms. The van der Waals surface area contributed by atoms with Gasteiger partial charge in [0.25, 0.3) is 0 Å². The van der Waals surface area contributed by atoms with Crippen LogP contribution in [0.1, 0.15) is 12.0 Å². The third-order valence-corrected chi connectivity index (χ3v) is 6.55. The number of anilines is 2. The summed E-state index contributed by atoms with van der Waals surface area (Å²) in [6.07, 6.45) is 4.46. The Balaban J connectivity index is 1.53. The van der Waals surface area contributed by atoms with E-state index in [1.807, 2.05) is 18.2 Å². The monoisotopic (exact) mass is 410 g/mol. The Bertz CT molecular complexity index is 1270. The maximum Gasteiger partial charge on any atom is 0.227 e. The van der Waals surface area contributed by atoms with Crippen LogP contribution in [0.3, 0.4) is 0 Å². The third-order valence-electron chi connectivity index (χ3n) is 4.95. The van der Waals surface area contributed by atoms with Crippen LogP contribution in [0.15, 0.2) is 58.2 Å². The molecule has 1 aliphatic rings. The van der Waals surface area contributed by atoms with Gasteiger partial charge in [-0.3, -0.25) is 4.78 Å². The zero-order valence-electron chi connectivity index (χ0n) is 15.2. The van der Waals surface area contributed by atoms with Gasteiger partial charge in [0, 0.05) is 21.9 Å². The van der Waals surface area contributed by atoms with Crippen LogP contribution in [0.5, 0.6) is 0 Å². The van der Waals surface area contributed by atoms with E-state index in [-0.39, 0.29) is 22.6 Å². The van der Waals surface area contributed by atoms with Gasteiger partial charge in [-0.25, -0.2) is 18.7 Å². The number of fused-ring (bicyclic) bond motifs is 2. The lowest BCUT2D eigenvalue weighted by Gasteiger charge is -2.18. The fraction of sp³-hybridized carbons (Fsp3) is 0.143. The van der Waals surface area contributed by atoms with Crippen molar-refractivity contribution in [3.63, 3.8) is 0 Å². The molecule has 1 aliphatic heterocycles. The Hall–Kier alpha value is -3.13. The fourth-order valence-electron chi connectivity index (χ4n) is 3.54. The zero-order chi connectivity index (χ0) is 20.0. The largest absolute Gasteiger partial charge is 0.464 e. The molecule has 2 aromatic heterocycles. The molecule has 0 spiro atoms. The van der Waals surface area contributed by atoms with Crippen molar-refractivity contribution in [1.82, 2.24) is 9.97 Å². The van der Waals surface area contributed by atoms with E-state index in [4.69, 9.17) is 9.20 Å². The first kappa shape index (κ1) is 17.9. The number of hydrogen-bond acceptors (Lipinski definition) is 5. The Morgan fingerprint density at radius 2 is 2.00 bits per heavy atom. The Morgan fingerprint density at radius 1 is 1.10 bits per heavy atom. The summed E-state index contributed by atoms with van der Waals surface area (Å²) in [5.74, 6) is 0.0198. The van der Waals surface area contributed by atoms with Crippen molar-refractivity contribution < 1.29 is 13.2 Å². The molecular weight excluding hydrogens is 394 g/mol. The SMILES string of the molecule is N=S1CCCc2ccc(Nc3ncc(F)c(-c4ccc(F)c5ccoc45)n3)cc21. The van der Waals surface area contributed by atoms with E-state index in [0.29, 0.717) is 5.56 Å². The molecule has 1 atom stereocenters. The predicted molar refractivity (Wildman–Crippen MR) is 108 cm³/mol. The molecule has 0 saturated carbocycles. The van der Waals surface area contributed by atoms with Crippen LogP contribution >= 0.6 is 0 Å². The second-order valence-electron chi connectivity index (χ2n) is 6.79. The molecule has 146 valence electrons. The first-order valence-corrected chi connectivity index (χ1v) is 10.5. The van der Waals surface area contributed by atoms with Crippen molar-refractivity contribution >= 4 is 33.3 Å². The summed E-state index contributed by atoms with van der Waals surface area (Å²) in [5, 5.41) is 3.36. The summed E-state index contributed by atoms with van der Waals surface area (Å²) in [5.41, 5.74) is 2.57. The van der Waals surface area contributed by atoms with Gasteiger partial charge in [-0.15, -0.1) is 0 Å². The van der Waals surface area contributed by atoms with Crippen molar-refractivity contribution in [2.24, 2.45) is 0 Å². The van der Waals surface area contributed by atoms with Crippen molar-refractivity contribution in [1.29, 1.82) is 4.78 Å². The van der Waals surface area contributed by atoms with Crippen LogP contribution < -0.4 is 5.32 Å². The average molecular weight is 410 g/mol. The number of nitrogens with zero attached hydrogens (tertiary/aromatic N) is 2. The number of benzene rings is 2. The highest BCUT2D eigenvalue weighted by molar-refractivity contribution is 7.86. The van der Waals surface area contributed by atoms with Crippen LogP contribution in [0, 0.1) is 16.4 Å². The van der Waals surface area contributed by atoms with Crippen molar-refractivity contribution in [2.45, 2.75) is 17.7 Å². The molecule has 1 unspecified atom stereocenters. The summed E-state index contributed by atoms with van der Waals surface area (Å²) in [6.45, 7) is 0. The molecule has 2 aromatic carbocycles. The molecule has 0 saturated heterocycles. The highest BCUT2D eigenvalue weighted by Gasteiger charge is 2.18. The molecule has 4 aromatic rings. The van der Waals surface area contributed by atoms with Gasteiger partial charge < -0.3 is 9.73 Å². The summed E-state index contributed by atoms with van der Waals surface area (Å²) in [4.78, 5) is 9.36. The van der Waals surface area contributed by atoms with E-state index in [2.05, 4.69) is 15.3 Å². The van der Waals surface area contributed by atoms with Crippen LogP contribution in [0.25, 0.3) is 22.2 Å². The number of furan rings is 1. The molecule has 3 heterocycles. The van der Waals surface area contributed by atoms with Crippen molar-refractivity contribution in [3.8, 4) is 11.3 Å². The lowest BCUT2D eigenvalue weighted by molar-refractivity contribution is 0.605. The second-order valence-corrected chi connectivity index (χ2v) is 8.42. The minimum Gasteiger partial charge on any atom is -0.464 e. The van der Waals surface area contributed by atoms with E-state index in [1.165, 1.54) is 30.0 Å². The zero-order valence-corrected chi connectivity index (χ0v) is 16.0. The first-order chi connectivity index (χ1) is 14.1. The van der Waals surface area contributed by atoms with Gasteiger partial charge >= 0.3 is 0 Å². The smallest absolute Gasteiger partial charge is 0.227 e. The minimum atomic E-state index is -0.627. The molecule has 0 radical (unpaired) electrons. The van der Waals surface area contributed by atoms with Crippen LogP contribution in [-0.4, -0.2) is 15.7 Å². The lowest BCUT2D eigenvalue weighted by Crippen LogP contribution is -2.09.